The zero-order valence-corrected chi connectivity index (χ0v) is 8.79. The third-order valence-electron chi connectivity index (χ3n) is 2.34. The van der Waals surface area contributed by atoms with Gasteiger partial charge in [0.1, 0.15) is 0 Å². The highest BCUT2D eigenvalue weighted by Crippen LogP contribution is 2.02. The molecule has 0 bridgehead atoms. The second kappa shape index (κ2) is 6.62. The number of hydrogen-bond acceptors (Lipinski definition) is 2. The standard InChI is InChI=1S/C11H20N2O/c1-10(9-14)4-2-6-12-8-11-5-3-7-13-11/h3,5,7,10,12-14H,2,4,6,8-9H2,1H3. The van der Waals surface area contributed by atoms with Crippen LogP contribution in [-0.2, 0) is 6.54 Å². The molecule has 0 spiro atoms. The molecule has 0 saturated carbocycles. The molecule has 3 nitrogen and oxygen atoms in total. The lowest BCUT2D eigenvalue weighted by atomic mass is 10.1. The van der Waals surface area contributed by atoms with E-state index in [9.17, 15) is 0 Å². The van der Waals surface area contributed by atoms with E-state index < -0.39 is 0 Å². The van der Waals surface area contributed by atoms with Gasteiger partial charge in [0.15, 0.2) is 0 Å². The number of nitrogens with one attached hydrogen (secondary N) is 2. The molecule has 0 amide bonds. The second-order valence-corrected chi connectivity index (χ2v) is 3.80. The number of aromatic nitrogens is 1. The molecule has 1 atom stereocenters. The van der Waals surface area contributed by atoms with Gasteiger partial charge in [0, 0.05) is 25.0 Å². The van der Waals surface area contributed by atoms with Gasteiger partial charge in [-0.2, -0.15) is 0 Å². The van der Waals surface area contributed by atoms with Crippen molar-refractivity contribution in [3.05, 3.63) is 24.0 Å². The maximum atomic E-state index is 8.82. The topological polar surface area (TPSA) is 48.0 Å². The van der Waals surface area contributed by atoms with Crippen molar-refractivity contribution in [3.63, 3.8) is 0 Å². The maximum absolute atomic E-state index is 8.82. The molecule has 14 heavy (non-hydrogen) atoms. The van der Waals surface area contributed by atoms with Gasteiger partial charge in [0.05, 0.1) is 0 Å². The van der Waals surface area contributed by atoms with E-state index in [1.807, 2.05) is 12.3 Å². The van der Waals surface area contributed by atoms with E-state index in [0.29, 0.717) is 12.5 Å². The van der Waals surface area contributed by atoms with Crippen LogP contribution in [0.5, 0.6) is 0 Å². The first-order valence-corrected chi connectivity index (χ1v) is 5.26. The third kappa shape index (κ3) is 4.44. The summed E-state index contributed by atoms with van der Waals surface area (Å²) < 4.78 is 0. The van der Waals surface area contributed by atoms with Gasteiger partial charge in [-0.25, -0.2) is 0 Å². The maximum Gasteiger partial charge on any atom is 0.0456 e. The molecule has 1 rings (SSSR count). The van der Waals surface area contributed by atoms with Gasteiger partial charge in [-0.05, 0) is 37.4 Å². The van der Waals surface area contributed by atoms with Gasteiger partial charge in [0.25, 0.3) is 0 Å². The Labute approximate surface area is 85.5 Å². The summed E-state index contributed by atoms with van der Waals surface area (Å²) in [4.78, 5) is 3.15. The molecular formula is C11H20N2O. The van der Waals surface area contributed by atoms with E-state index >= 15 is 0 Å². The van der Waals surface area contributed by atoms with E-state index in [1.54, 1.807) is 0 Å². The Balaban J connectivity index is 1.95. The van der Waals surface area contributed by atoms with Crippen molar-refractivity contribution in [1.29, 1.82) is 0 Å². The van der Waals surface area contributed by atoms with Gasteiger partial charge >= 0.3 is 0 Å². The van der Waals surface area contributed by atoms with E-state index in [0.717, 1.165) is 25.9 Å². The molecule has 0 aliphatic carbocycles. The van der Waals surface area contributed by atoms with Crippen LogP contribution in [0.4, 0.5) is 0 Å². The van der Waals surface area contributed by atoms with E-state index in [4.69, 9.17) is 5.11 Å². The van der Waals surface area contributed by atoms with Crippen molar-refractivity contribution in [1.82, 2.24) is 10.3 Å². The van der Waals surface area contributed by atoms with Gasteiger partial charge in [-0.3, -0.25) is 0 Å². The van der Waals surface area contributed by atoms with E-state index in [2.05, 4.69) is 23.3 Å². The quantitative estimate of drug-likeness (QED) is 0.579. The van der Waals surface area contributed by atoms with Crippen LogP contribution in [0, 0.1) is 5.92 Å². The summed E-state index contributed by atoms with van der Waals surface area (Å²) in [6.07, 6.45) is 4.15. The zero-order chi connectivity index (χ0) is 10.2. The summed E-state index contributed by atoms with van der Waals surface area (Å²) >= 11 is 0. The number of aromatic amines is 1. The molecule has 0 radical (unpaired) electrons. The molecular weight excluding hydrogens is 176 g/mol. The highest BCUT2D eigenvalue weighted by Gasteiger charge is 1.98. The second-order valence-electron chi connectivity index (χ2n) is 3.80. The van der Waals surface area contributed by atoms with Crippen LogP contribution >= 0.6 is 0 Å². The number of hydrogen-bond donors (Lipinski definition) is 3. The third-order valence-corrected chi connectivity index (χ3v) is 2.34. The van der Waals surface area contributed by atoms with Crippen LogP contribution in [0.2, 0.25) is 0 Å². The first-order chi connectivity index (χ1) is 6.83. The van der Waals surface area contributed by atoms with Crippen LogP contribution < -0.4 is 5.32 Å². The van der Waals surface area contributed by atoms with E-state index in [-0.39, 0.29) is 0 Å². The lowest BCUT2D eigenvalue weighted by Gasteiger charge is -2.07. The number of rotatable bonds is 7. The molecule has 80 valence electrons. The monoisotopic (exact) mass is 196 g/mol. The fraction of sp³-hybridized carbons (Fsp3) is 0.636. The highest BCUT2D eigenvalue weighted by molar-refractivity contribution is 5.02. The average molecular weight is 196 g/mol. The van der Waals surface area contributed by atoms with Gasteiger partial charge in [-0.1, -0.05) is 6.92 Å². The minimum Gasteiger partial charge on any atom is -0.396 e. The summed E-state index contributed by atoms with van der Waals surface area (Å²) in [6.45, 7) is 4.30. The molecule has 3 heteroatoms. The molecule has 0 saturated heterocycles. The lowest BCUT2D eigenvalue weighted by Crippen LogP contribution is -2.16. The van der Waals surface area contributed by atoms with Crippen LogP contribution in [-0.4, -0.2) is 23.2 Å². The molecule has 0 aliphatic heterocycles. The van der Waals surface area contributed by atoms with Crippen molar-refractivity contribution < 1.29 is 5.11 Å². The number of H-pyrrole nitrogens is 1. The average Bonchev–Trinajstić information content (AvgIpc) is 2.69. The molecule has 1 heterocycles. The van der Waals surface area contributed by atoms with Crippen molar-refractivity contribution in [3.8, 4) is 0 Å². The molecule has 3 N–H and O–H groups in total. The molecule has 0 aliphatic rings. The Kier molecular flexibility index (Phi) is 5.33. The minimum absolute atomic E-state index is 0.302. The minimum atomic E-state index is 0.302. The summed E-state index contributed by atoms with van der Waals surface area (Å²) in [7, 11) is 0. The van der Waals surface area contributed by atoms with Crippen molar-refractivity contribution >= 4 is 0 Å². The number of aliphatic hydroxyl groups excluding tert-OH is 1. The first kappa shape index (κ1) is 11.3. The van der Waals surface area contributed by atoms with Crippen LogP contribution in [0.25, 0.3) is 0 Å². The van der Waals surface area contributed by atoms with Gasteiger partial charge in [-0.15, -0.1) is 0 Å². The van der Waals surface area contributed by atoms with Crippen molar-refractivity contribution in [2.24, 2.45) is 5.92 Å². The van der Waals surface area contributed by atoms with Gasteiger partial charge < -0.3 is 15.4 Å². The molecule has 1 aromatic heterocycles. The zero-order valence-electron chi connectivity index (χ0n) is 8.79. The SMILES string of the molecule is CC(CO)CCCNCc1ccc[nH]1. The first-order valence-electron chi connectivity index (χ1n) is 5.26. The molecule has 1 aromatic rings. The van der Waals surface area contributed by atoms with E-state index in [1.165, 1.54) is 5.69 Å². The fourth-order valence-electron chi connectivity index (χ4n) is 1.37. The molecule has 0 fully saturated rings. The number of aliphatic hydroxyl groups is 1. The Hall–Kier alpha value is -0.800. The Morgan fingerprint density at radius 3 is 3.07 bits per heavy atom. The Bertz CT molecular complexity index is 221. The van der Waals surface area contributed by atoms with Gasteiger partial charge in [0.2, 0.25) is 0 Å². The largest absolute Gasteiger partial charge is 0.396 e. The predicted octanol–water partition coefficient (Wildman–Crippen LogP) is 1.51. The smallest absolute Gasteiger partial charge is 0.0456 e. The molecule has 1 unspecified atom stereocenters. The summed E-state index contributed by atoms with van der Waals surface area (Å²) in [5.74, 6) is 0.433. The van der Waals surface area contributed by atoms with Crippen LogP contribution in [0.15, 0.2) is 18.3 Å². The fourth-order valence-corrected chi connectivity index (χ4v) is 1.37. The molecule has 0 aromatic carbocycles. The van der Waals surface area contributed by atoms with Crippen molar-refractivity contribution in [2.75, 3.05) is 13.2 Å². The summed E-state index contributed by atoms with van der Waals surface area (Å²) in [5, 5.41) is 12.2. The summed E-state index contributed by atoms with van der Waals surface area (Å²) in [5.41, 5.74) is 1.22. The normalized spacial score (nSPS) is 13.0. The predicted molar refractivity (Wildman–Crippen MR) is 58.0 cm³/mol. The van der Waals surface area contributed by atoms with Crippen LogP contribution in [0.1, 0.15) is 25.5 Å². The lowest BCUT2D eigenvalue weighted by molar-refractivity contribution is 0.228. The Morgan fingerprint density at radius 1 is 1.57 bits per heavy atom. The summed E-state index contributed by atoms with van der Waals surface area (Å²) in [6, 6.07) is 4.08. The van der Waals surface area contributed by atoms with Crippen LogP contribution in [0.3, 0.4) is 0 Å². The van der Waals surface area contributed by atoms with Crippen molar-refractivity contribution in [2.45, 2.75) is 26.3 Å². The highest BCUT2D eigenvalue weighted by atomic mass is 16.3. The Morgan fingerprint density at radius 2 is 2.43 bits per heavy atom.